The third-order valence-electron chi connectivity index (χ3n) is 5.92. The predicted octanol–water partition coefficient (Wildman–Crippen LogP) is 3.24. The molecule has 1 N–H and O–H groups in total. The minimum absolute atomic E-state index is 0.0562. The van der Waals surface area contributed by atoms with Crippen molar-refractivity contribution in [3.8, 4) is 0 Å². The van der Waals surface area contributed by atoms with Crippen molar-refractivity contribution in [3.63, 3.8) is 0 Å². The highest BCUT2D eigenvalue weighted by Gasteiger charge is 2.47. The van der Waals surface area contributed by atoms with Gasteiger partial charge < -0.3 is 15.2 Å². The molecule has 4 nitrogen and oxygen atoms in total. The topological polar surface area (TPSA) is 61.4 Å². The molecule has 5 heteroatoms. The Morgan fingerprint density at radius 3 is 2.81 bits per heavy atom. The van der Waals surface area contributed by atoms with Gasteiger partial charge in [0.15, 0.2) is 0 Å². The maximum atomic E-state index is 13.3. The van der Waals surface area contributed by atoms with Crippen LogP contribution in [0.2, 0.25) is 0 Å². The van der Waals surface area contributed by atoms with Crippen molar-refractivity contribution >= 4 is 27.4 Å². The number of carbonyl (C=O) groups excluding carboxylic acids is 1. The molecular formula is C21H25BrNO3-. The molecule has 1 amide bonds. The predicted molar refractivity (Wildman–Crippen MR) is 102 cm³/mol. The van der Waals surface area contributed by atoms with E-state index in [9.17, 15) is 9.90 Å². The van der Waals surface area contributed by atoms with Crippen LogP contribution < -0.4 is 10.4 Å². The number of amides is 1. The van der Waals surface area contributed by atoms with Gasteiger partial charge in [0.05, 0.1) is 11.6 Å². The summed E-state index contributed by atoms with van der Waals surface area (Å²) in [7, 11) is 0. The highest BCUT2D eigenvalue weighted by Crippen LogP contribution is 2.45. The fourth-order valence-corrected chi connectivity index (χ4v) is 5.11. The molecule has 1 aliphatic heterocycles. The van der Waals surface area contributed by atoms with Crippen LogP contribution in [0.1, 0.15) is 55.7 Å². The number of carbonyl (C=O) groups is 1. The summed E-state index contributed by atoms with van der Waals surface area (Å²) in [5, 5.41) is 16.4. The van der Waals surface area contributed by atoms with Gasteiger partial charge in [-0.15, -0.1) is 0 Å². The lowest BCUT2D eigenvalue weighted by Crippen LogP contribution is -2.45. The van der Waals surface area contributed by atoms with Gasteiger partial charge in [-0.05, 0) is 68.6 Å². The second-order valence-electron chi connectivity index (χ2n) is 8.02. The van der Waals surface area contributed by atoms with E-state index in [0.29, 0.717) is 24.3 Å². The molecule has 26 heavy (non-hydrogen) atoms. The van der Waals surface area contributed by atoms with E-state index in [1.807, 2.05) is 13.0 Å². The summed E-state index contributed by atoms with van der Waals surface area (Å²) >= 11 is 3.58. The summed E-state index contributed by atoms with van der Waals surface area (Å²) in [6.45, 7) is 4.87. The van der Waals surface area contributed by atoms with Crippen LogP contribution in [0.5, 0.6) is 0 Å². The van der Waals surface area contributed by atoms with Crippen LogP contribution in [0, 0.1) is 12.8 Å². The molecule has 2 fully saturated rings. The van der Waals surface area contributed by atoms with Crippen molar-refractivity contribution in [2.24, 2.45) is 5.92 Å². The number of benzene rings is 1. The van der Waals surface area contributed by atoms with Crippen LogP contribution in [-0.4, -0.2) is 24.2 Å². The van der Waals surface area contributed by atoms with Gasteiger partial charge >= 0.3 is 0 Å². The van der Waals surface area contributed by atoms with Gasteiger partial charge in [0.1, 0.15) is 0 Å². The largest absolute Gasteiger partial charge is 0.873 e. The summed E-state index contributed by atoms with van der Waals surface area (Å²) in [4.78, 5) is 12.8. The van der Waals surface area contributed by atoms with Crippen LogP contribution in [-0.2, 0) is 16.0 Å². The first-order chi connectivity index (χ1) is 12.4. The van der Waals surface area contributed by atoms with E-state index in [-0.39, 0.29) is 17.8 Å². The fourth-order valence-electron chi connectivity index (χ4n) is 4.30. The van der Waals surface area contributed by atoms with Crippen molar-refractivity contribution in [1.29, 1.82) is 0 Å². The zero-order valence-corrected chi connectivity index (χ0v) is 16.9. The molecule has 0 bridgehead atoms. The van der Waals surface area contributed by atoms with Crippen LogP contribution in [0.15, 0.2) is 22.4 Å². The lowest BCUT2D eigenvalue weighted by atomic mass is 9.91. The van der Waals surface area contributed by atoms with Crippen molar-refractivity contribution in [3.05, 3.63) is 39.1 Å². The van der Waals surface area contributed by atoms with Gasteiger partial charge in [-0.3, -0.25) is 4.79 Å². The molecule has 2 atom stereocenters. The smallest absolute Gasteiger partial charge is 0.251 e. The molecule has 140 valence electrons. The fraction of sp³-hybridized carbons (Fsp3) is 0.571. The Bertz CT molecular complexity index is 784. The number of hydrogen-bond acceptors (Lipinski definition) is 3. The lowest BCUT2D eigenvalue weighted by Gasteiger charge is -2.32. The summed E-state index contributed by atoms with van der Waals surface area (Å²) < 4.78 is 6.82. The normalized spacial score (nSPS) is 28.3. The Kier molecular flexibility index (Phi) is 4.64. The van der Waals surface area contributed by atoms with Crippen LogP contribution in [0.25, 0.3) is 5.57 Å². The number of rotatable bonds is 5. The van der Waals surface area contributed by atoms with Gasteiger partial charge in [0, 0.05) is 22.2 Å². The second-order valence-corrected chi connectivity index (χ2v) is 8.87. The molecule has 1 aromatic carbocycles. The summed E-state index contributed by atoms with van der Waals surface area (Å²) in [5.74, 6) is 0.412. The number of halogens is 1. The first kappa shape index (κ1) is 18.1. The molecule has 1 heterocycles. The van der Waals surface area contributed by atoms with E-state index in [2.05, 4.69) is 34.2 Å². The molecule has 1 spiro atoms. The van der Waals surface area contributed by atoms with Crippen molar-refractivity contribution in [2.45, 2.75) is 64.0 Å². The summed E-state index contributed by atoms with van der Waals surface area (Å²) in [6.07, 6.45) is 5.47. The van der Waals surface area contributed by atoms with E-state index in [1.54, 1.807) is 0 Å². The van der Waals surface area contributed by atoms with Gasteiger partial charge in [0.2, 0.25) is 0 Å². The van der Waals surface area contributed by atoms with Crippen LogP contribution in [0.4, 0.5) is 0 Å². The molecule has 1 aromatic rings. The highest BCUT2D eigenvalue weighted by atomic mass is 79.9. The van der Waals surface area contributed by atoms with Crippen LogP contribution in [0.3, 0.4) is 0 Å². The lowest BCUT2D eigenvalue weighted by molar-refractivity contribution is -0.315. The zero-order valence-electron chi connectivity index (χ0n) is 15.4. The average Bonchev–Trinajstić information content (AvgIpc) is 3.29. The van der Waals surface area contributed by atoms with Crippen molar-refractivity contribution < 1.29 is 14.6 Å². The Hall–Kier alpha value is -1.33. The van der Waals surface area contributed by atoms with E-state index >= 15 is 0 Å². The number of hydrogen-bond donors (Lipinski definition) is 1. The maximum absolute atomic E-state index is 13.3. The third kappa shape index (κ3) is 3.09. The van der Waals surface area contributed by atoms with E-state index < -0.39 is 5.54 Å². The van der Waals surface area contributed by atoms with Crippen molar-refractivity contribution in [2.75, 3.05) is 6.61 Å². The van der Waals surface area contributed by atoms with Gasteiger partial charge in [-0.25, -0.2) is 0 Å². The van der Waals surface area contributed by atoms with Gasteiger partial charge in [0.25, 0.3) is 5.91 Å². The maximum Gasteiger partial charge on any atom is 0.251 e. The number of nitrogens with one attached hydrogen (secondary N) is 1. The van der Waals surface area contributed by atoms with Gasteiger partial charge in [-0.1, -0.05) is 34.7 Å². The first-order valence-corrected chi connectivity index (χ1v) is 10.4. The third-order valence-corrected chi connectivity index (χ3v) is 6.55. The summed E-state index contributed by atoms with van der Waals surface area (Å²) in [5.41, 5.74) is 2.46. The quantitative estimate of drug-likeness (QED) is 0.797. The molecule has 0 unspecified atom stereocenters. The molecule has 0 radical (unpaired) electrons. The molecule has 0 saturated heterocycles. The van der Waals surface area contributed by atoms with Crippen molar-refractivity contribution in [1.82, 2.24) is 5.32 Å². The SMILES string of the molecule is CCc1cc(C)cc(Br)c1C1=C([O-])[C@@]2(CC[C@@H](OCC3CC3)C2)NC1=O. The monoisotopic (exact) mass is 418 g/mol. The Morgan fingerprint density at radius 1 is 1.35 bits per heavy atom. The minimum atomic E-state index is -0.768. The molecule has 2 aliphatic carbocycles. The Balaban J connectivity index is 1.66. The minimum Gasteiger partial charge on any atom is -0.873 e. The molecule has 3 aliphatic rings. The molecule has 0 aromatic heterocycles. The number of aryl methyl sites for hydroxylation is 2. The Labute approximate surface area is 163 Å². The molecule has 2 saturated carbocycles. The average molecular weight is 419 g/mol. The molecular weight excluding hydrogens is 394 g/mol. The van der Waals surface area contributed by atoms with Gasteiger partial charge in [-0.2, -0.15) is 0 Å². The standard InChI is InChI=1S/C21H26BrNO3/c1-3-14-8-12(2)9-16(22)17(14)18-19(24)21(23-20(18)25)7-6-15(10-21)26-11-13-4-5-13/h8-9,13,15,24H,3-7,10-11H2,1-2H3,(H,23,25)/p-1/t15-,21+/m1/s1. The zero-order chi connectivity index (χ0) is 18.5. The van der Waals surface area contributed by atoms with E-state index in [1.165, 1.54) is 12.8 Å². The van der Waals surface area contributed by atoms with Crippen LogP contribution >= 0.6 is 15.9 Å². The Morgan fingerprint density at radius 2 is 2.12 bits per heavy atom. The first-order valence-electron chi connectivity index (χ1n) is 9.59. The second kappa shape index (κ2) is 6.68. The number of ether oxygens (including phenoxy) is 1. The van der Waals surface area contributed by atoms with E-state index in [0.717, 1.165) is 40.6 Å². The molecule has 4 rings (SSSR count). The summed E-state index contributed by atoms with van der Waals surface area (Å²) in [6, 6.07) is 4.04. The van der Waals surface area contributed by atoms with E-state index in [4.69, 9.17) is 4.74 Å². The highest BCUT2D eigenvalue weighted by molar-refractivity contribution is 9.10.